The molecule has 3 heterocycles. The standard InChI is InChI=1S/C24H26N4O4/c29-23(30)7-10-27-11-8-24(9-12-27)15-32-22-13-20(5-6-21(22)24)31-14-18-1-3-19(4-2-18)28-17-25-16-26-28/h1-6,13,16-17H,7-12,14-15H2,(H,29,30). The highest BCUT2D eigenvalue weighted by Crippen LogP contribution is 2.46. The molecule has 2 aromatic carbocycles. The lowest BCUT2D eigenvalue weighted by molar-refractivity contribution is -0.137. The van der Waals surface area contributed by atoms with Gasteiger partial charge in [0.1, 0.15) is 30.8 Å². The molecule has 0 radical (unpaired) electrons. The molecule has 1 spiro atoms. The van der Waals surface area contributed by atoms with Crippen LogP contribution in [0.4, 0.5) is 0 Å². The number of fused-ring (bicyclic) bond motifs is 2. The van der Waals surface area contributed by atoms with E-state index in [1.807, 2.05) is 36.4 Å². The molecular weight excluding hydrogens is 408 g/mol. The number of carbonyl (C=O) groups is 1. The molecule has 166 valence electrons. The van der Waals surface area contributed by atoms with Crippen LogP contribution in [-0.4, -0.2) is 57.0 Å². The fourth-order valence-corrected chi connectivity index (χ4v) is 4.57. The Hall–Kier alpha value is -3.39. The Labute approximate surface area is 186 Å². The van der Waals surface area contributed by atoms with Crippen molar-refractivity contribution in [3.05, 3.63) is 66.2 Å². The molecule has 0 saturated carbocycles. The van der Waals surface area contributed by atoms with E-state index >= 15 is 0 Å². The predicted molar refractivity (Wildman–Crippen MR) is 117 cm³/mol. The number of likely N-dealkylation sites (tertiary alicyclic amines) is 1. The average molecular weight is 434 g/mol. The van der Waals surface area contributed by atoms with Crippen LogP contribution in [0.1, 0.15) is 30.4 Å². The summed E-state index contributed by atoms with van der Waals surface area (Å²) in [6.07, 6.45) is 5.35. The van der Waals surface area contributed by atoms with E-state index < -0.39 is 5.97 Å². The smallest absolute Gasteiger partial charge is 0.304 e. The average Bonchev–Trinajstić information content (AvgIpc) is 3.47. The summed E-state index contributed by atoms with van der Waals surface area (Å²) in [5.74, 6) is 0.960. The maximum absolute atomic E-state index is 10.8. The minimum absolute atomic E-state index is 0.0325. The van der Waals surface area contributed by atoms with Gasteiger partial charge in [-0.15, -0.1) is 0 Å². The molecule has 0 atom stereocenters. The Kier molecular flexibility index (Phi) is 5.53. The normalized spacial score (nSPS) is 17.1. The van der Waals surface area contributed by atoms with Gasteiger partial charge < -0.3 is 19.5 Å². The van der Waals surface area contributed by atoms with Crippen LogP contribution in [0.2, 0.25) is 0 Å². The van der Waals surface area contributed by atoms with Gasteiger partial charge in [-0.05, 0) is 49.7 Å². The summed E-state index contributed by atoms with van der Waals surface area (Å²) in [4.78, 5) is 17.0. The highest BCUT2D eigenvalue weighted by atomic mass is 16.5. The zero-order valence-corrected chi connectivity index (χ0v) is 17.8. The number of aromatic nitrogens is 3. The zero-order valence-electron chi connectivity index (χ0n) is 17.8. The SMILES string of the molecule is O=C(O)CCN1CCC2(CC1)COc1cc(OCc3ccc(-n4cncn4)cc3)ccc12. The number of piperidine rings is 1. The first-order chi connectivity index (χ1) is 15.6. The van der Waals surface area contributed by atoms with Crippen molar-refractivity contribution in [1.82, 2.24) is 19.7 Å². The number of carboxylic acid groups (broad SMARTS) is 1. The van der Waals surface area contributed by atoms with E-state index in [2.05, 4.69) is 21.0 Å². The van der Waals surface area contributed by atoms with Crippen LogP contribution >= 0.6 is 0 Å². The van der Waals surface area contributed by atoms with Crippen molar-refractivity contribution < 1.29 is 19.4 Å². The van der Waals surface area contributed by atoms with Gasteiger partial charge in [0.15, 0.2) is 0 Å². The molecule has 1 fully saturated rings. The summed E-state index contributed by atoms with van der Waals surface area (Å²) in [7, 11) is 0. The highest BCUT2D eigenvalue weighted by Gasteiger charge is 2.43. The first-order valence-corrected chi connectivity index (χ1v) is 10.9. The van der Waals surface area contributed by atoms with Gasteiger partial charge in [0, 0.05) is 23.6 Å². The monoisotopic (exact) mass is 434 g/mol. The number of hydrogen-bond donors (Lipinski definition) is 1. The molecule has 5 rings (SSSR count). The quantitative estimate of drug-likeness (QED) is 0.611. The van der Waals surface area contributed by atoms with Crippen molar-refractivity contribution in [3.8, 4) is 17.2 Å². The van der Waals surface area contributed by atoms with Crippen LogP contribution in [0.3, 0.4) is 0 Å². The van der Waals surface area contributed by atoms with E-state index in [0.29, 0.717) is 19.8 Å². The molecular formula is C24H26N4O4. The van der Waals surface area contributed by atoms with E-state index in [9.17, 15) is 4.79 Å². The molecule has 0 amide bonds. The number of ether oxygens (including phenoxy) is 2. The zero-order chi connectivity index (χ0) is 22.0. The molecule has 1 saturated heterocycles. The van der Waals surface area contributed by atoms with E-state index in [0.717, 1.165) is 48.7 Å². The molecule has 0 unspecified atom stereocenters. The minimum atomic E-state index is -0.737. The Balaban J connectivity index is 1.19. The second kappa shape index (κ2) is 8.63. The van der Waals surface area contributed by atoms with Gasteiger partial charge in [-0.3, -0.25) is 4.79 Å². The summed E-state index contributed by atoms with van der Waals surface area (Å²) >= 11 is 0. The van der Waals surface area contributed by atoms with E-state index in [1.165, 1.54) is 11.9 Å². The molecule has 2 aliphatic heterocycles. The van der Waals surface area contributed by atoms with E-state index in [1.54, 1.807) is 11.0 Å². The summed E-state index contributed by atoms with van der Waals surface area (Å²) in [6.45, 7) is 3.58. The van der Waals surface area contributed by atoms with Gasteiger partial charge in [0.05, 0.1) is 18.7 Å². The van der Waals surface area contributed by atoms with E-state index in [4.69, 9.17) is 14.6 Å². The maximum atomic E-state index is 10.8. The van der Waals surface area contributed by atoms with Crippen molar-refractivity contribution in [1.29, 1.82) is 0 Å². The lowest BCUT2D eigenvalue weighted by atomic mass is 9.74. The summed E-state index contributed by atoms with van der Waals surface area (Å²) in [5, 5.41) is 13.0. The Morgan fingerprint density at radius 3 is 2.69 bits per heavy atom. The van der Waals surface area contributed by atoms with Crippen molar-refractivity contribution >= 4 is 5.97 Å². The minimum Gasteiger partial charge on any atom is -0.492 e. The molecule has 2 aliphatic rings. The topological polar surface area (TPSA) is 89.7 Å². The number of carboxylic acids is 1. The largest absolute Gasteiger partial charge is 0.492 e. The van der Waals surface area contributed by atoms with Crippen LogP contribution in [0, 0.1) is 0 Å². The number of aliphatic carboxylic acids is 1. The van der Waals surface area contributed by atoms with Crippen LogP contribution in [0.15, 0.2) is 55.1 Å². The van der Waals surface area contributed by atoms with Gasteiger partial charge in [0.25, 0.3) is 0 Å². The van der Waals surface area contributed by atoms with Gasteiger partial charge in [-0.25, -0.2) is 9.67 Å². The van der Waals surface area contributed by atoms with Crippen molar-refractivity contribution in [2.75, 3.05) is 26.2 Å². The van der Waals surface area contributed by atoms with Gasteiger partial charge in [-0.2, -0.15) is 5.10 Å². The Morgan fingerprint density at radius 1 is 1.16 bits per heavy atom. The number of rotatable bonds is 7. The molecule has 32 heavy (non-hydrogen) atoms. The number of nitrogens with zero attached hydrogens (tertiary/aromatic N) is 4. The highest BCUT2D eigenvalue weighted by molar-refractivity contribution is 5.66. The molecule has 0 bridgehead atoms. The van der Waals surface area contributed by atoms with Crippen molar-refractivity contribution in [2.24, 2.45) is 0 Å². The first-order valence-electron chi connectivity index (χ1n) is 10.9. The predicted octanol–water partition coefficient (Wildman–Crippen LogP) is 3.05. The van der Waals surface area contributed by atoms with E-state index in [-0.39, 0.29) is 11.8 Å². The molecule has 1 aromatic heterocycles. The van der Waals surface area contributed by atoms with Crippen LogP contribution < -0.4 is 9.47 Å². The van der Waals surface area contributed by atoms with Gasteiger partial charge in [-0.1, -0.05) is 18.2 Å². The Bertz CT molecular complexity index is 1070. The maximum Gasteiger partial charge on any atom is 0.304 e. The third kappa shape index (κ3) is 4.18. The second-order valence-electron chi connectivity index (χ2n) is 8.51. The summed E-state index contributed by atoms with van der Waals surface area (Å²) in [5.41, 5.74) is 3.31. The van der Waals surface area contributed by atoms with Gasteiger partial charge in [0.2, 0.25) is 0 Å². The third-order valence-corrected chi connectivity index (χ3v) is 6.51. The molecule has 3 aromatic rings. The molecule has 8 heteroatoms. The fraction of sp³-hybridized carbons (Fsp3) is 0.375. The van der Waals surface area contributed by atoms with Crippen molar-refractivity contribution in [3.63, 3.8) is 0 Å². The second-order valence-corrected chi connectivity index (χ2v) is 8.51. The van der Waals surface area contributed by atoms with Crippen LogP contribution in [0.5, 0.6) is 11.5 Å². The molecule has 1 N–H and O–H groups in total. The summed E-state index contributed by atoms with van der Waals surface area (Å²) in [6, 6.07) is 14.2. The van der Waals surface area contributed by atoms with Crippen LogP contribution in [0.25, 0.3) is 5.69 Å². The number of hydrogen-bond acceptors (Lipinski definition) is 6. The number of benzene rings is 2. The van der Waals surface area contributed by atoms with Crippen molar-refractivity contribution in [2.45, 2.75) is 31.3 Å². The lowest BCUT2D eigenvalue weighted by Gasteiger charge is -2.38. The molecule has 8 nitrogen and oxygen atoms in total. The van der Waals surface area contributed by atoms with Crippen LogP contribution in [-0.2, 0) is 16.8 Å². The Morgan fingerprint density at radius 2 is 1.97 bits per heavy atom. The fourth-order valence-electron chi connectivity index (χ4n) is 4.57. The third-order valence-electron chi connectivity index (χ3n) is 6.51. The lowest BCUT2D eigenvalue weighted by Crippen LogP contribution is -2.44. The first kappa shape index (κ1) is 20.5. The molecule has 0 aliphatic carbocycles. The summed E-state index contributed by atoms with van der Waals surface area (Å²) < 4.78 is 13.8. The van der Waals surface area contributed by atoms with Gasteiger partial charge >= 0.3 is 5.97 Å².